The van der Waals surface area contributed by atoms with Gasteiger partial charge in [0, 0.05) is 13.1 Å². The summed E-state index contributed by atoms with van der Waals surface area (Å²) in [6.45, 7) is 1.26. The van der Waals surface area contributed by atoms with Crippen LogP contribution < -0.4 is 16.6 Å². The lowest BCUT2D eigenvalue weighted by Crippen LogP contribution is -2.46. The van der Waals surface area contributed by atoms with Gasteiger partial charge in [-0.2, -0.15) is 0 Å². The van der Waals surface area contributed by atoms with Crippen LogP contribution in [0.1, 0.15) is 6.42 Å². The van der Waals surface area contributed by atoms with Crippen molar-refractivity contribution in [1.82, 2.24) is 15.6 Å². The molecule has 0 aliphatic carbocycles. The molecule has 0 bridgehead atoms. The monoisotopic (exact) mass is 172 g/mol. The molecule has 1 aliphatic heterocycles. The molecule has 68 valence electrons. The van der Waals surface area contributed by atoms with E-state index in [2.05, 4.69) is 5.32 Å². The summed E-state index contributed by atoms with van der Waals surface area (Å²) in [5.41, 5.74) is 1.99. The number of rotatable bonds is 0. The zero-order chi connectivity index (χ0) is 8.97. The molecule has 12 heavy (non-hydrogen) atoms. The largest absolute Gasteiger partial charge is 0.354 e. The number of amides is 3. The molecule has 1 aliphatic rings. The van der Waals surface area contributed by atoms with E-state index in [1.807, 2.05) is 5.43 Å². The molecule has 0 atom stereocenters. The highest BCUT2D eigenvalue weighted by molar-refractivity contribution is 5.84. The van der Waals surface area contributed by atoms with E-state index in [0.717, 1.165) is 6.42 Å². The smallest absolute Gasteiger partial charge is 0.331 e. The summed E-state index contributed by atoms with van der Waals surface area (Å²) in [4.78, 5) is 23.3. The van der Waals surface area contributed by atoms with Crippen LogP contribution in [-0.4, -0.2) is 36.5 Å². The number of hydrogen-bond acceptors (Lipinski definition) is 3. The molecule has 0 radical (unpaired) electrons. The summed E-state index contributed by atoms with van der Waals surface area (Å²) >= 11 is 0. The molecular formula is C6H12N4O2. The Balaban J connectivity index is 2.51. The molecule has 3 amide bonds. The van der Waals surface area contributed by atoms with Gasteiger partial charge in [-0.15, -0.1) is 0 Å². The van der Waals surface area contributed by atoms with Gasteiger partial charge in [-0.1, -0.05) is 0 Å². The first-order chi connectivity index (χ1) is 5.74. The maximum absolute atomic E-state index is 11.0. The average molecular weight is 172 g/mol. The Kier molecular flexibility index (Phi) is 2.87. The van der Waals surface area contributed by atoms with Crippen molar-refractivity contribution in [2.45, 2.75) is 6.42 Å². The van der Waals surface area contributed by atoms with E-state index in [-0.39, 0.29) is 12.5 Å². The number of nitrogens with zero attached hydrogens (tertiary/aromatic N) is 1. The van der Waals surface area contributed by atoms with Crippen LogP contribution in [0.5, 0.6) is 0 Å². The maximum atomic E-state index is 11.0. The lowest BCUT2D eigenvalue weighted by molar-refractivity contribution is -0.121. The van der Waals surface area contributed by atoms with Gasteiger partial charge in [-0.05, 0) is 6.42 Å². The fourth-order valence-electron chi connectivity index (χ4n) is 1.07. The summed E-state index contributed by atoms with van der Waals surface area (Å²) in [5.74, 6) is 4.78. The van der Waals surface area contributed by atoms with Gasteiger partial charge in [0.2, 0.25) is 5.91 Å². The van der Waals surface area contributed by atoms with Crippen molar-refractivity contribution in [3.05, 3.63) is 0 Å². The summed E-state index contributed by atoms with van der Waals surface area (Å²) in [5, 5.41) is 2.65. The summed E-state index contributed by atoms with van der Waals surface area (Å²) in [7, 11) is 0. The predicted octanol–water partition coefficient (Wildman–Crippen LogP) is -1.61. The number of nitrogens with one attached hydrogen (secondary N) is 2. The Labute approximate surface area is 70.1 Å². The predicted molar refractivity (Wildman–Crippen MR) is 41.9 cm³/mol. The molecule has 6 heteroatoms. The van der Waals surface area contributed by atoms with E-state index in [1.54, 1.807) is 0 Å². The minimum Gasteiger partial charge on any atom is -0.354 e. The number of carbonyl (C=O) groups is 2. The van der Waals surface area contributed by atoms with Crippen LogP contribution in [0.25, 0.3) is 0 Å². The molecule has 0 saturated carbocycles. The van der Waals surface area contributed by atoms with Gasteiger partial charge in [0.25, 0.3) is 0 Å². The number of hydrazine groups is 1. The van der Waals surface area contributed by atoms with Crippen LogP contribution in [0.4, 0.5) is 4.79 Å². The second kappa shape index (κ2) is 3.91. The van der Waals surface area contributed by atoms with Gasteiger partial charge >= 0.3 is 6.03 Å². The Morgan fingerprint density at radius 3 is 3.08 bits per heavy atom. The normalized spacial score (nSPS) is 18.1. The fraction of sp³-hybridized carbons (Fsp3) is 0.667. The first-order valence-corrected chi connectivity index (χ1v) is 3.76. The molecule has 4 N–H and O–H groups in total. The molecule has 0 aromatic rings. The topological polar surface area (TPSA) is 87.5 Å². The minimum atomic E-state index is -0.410. The molecule has 0 spiro atoms. The molecule has 1 rings (SSSR count). The highest BCUT2D eigenvalue weighted by Crippen LogP contribution is 1.95. The zero-order valence-corrected chi connectivity index (χ0v) is 6.67. The van der Waals surface area contributed by atoms with Gasteiger partial charge in [-0.3, -0.25) is 10.2 Å². The first-order valence-electron chi connectivity index (χ1n) is 3.76. The SMILES string of the molecule is NNC(=O)N1CCCNC(=O)C1. The van der Waals surface area contributed by atoms with Crippen molar-refractivity contribution in [2.24, 2.45) is 5.84 Å². The Morgan fingerprint density at radius 2 is 2.42 bits per heavy atom. The molecule has 0 unspecified atom stereocenters. The molecule has 1 fully saturated rings. The van der Waals surface area contributed by atoms with Gasteiger partial charge in [-0.25, -0.2) is 10.6 Å². The van der Waals surface area contributed by atoms with Crippen molar-refractivity contribution >= 4 is 11.9 Å². The molecule has 1 heterocycles. The van der Waals surface area contributed by atoms with Crippen molar-refractivity contribution in [3.8, 4) is 0 Å². The van der Waals surface area contributed by atoms with E-state index >= 15 is 0 Å². The van der Waals surface area contributed by atoms with Gasteiger partial charge in [0.1, 0.15) is 6.54 Å². The average Bonchev–Trinajstić information content (AvgIpc) is 2.28. The van der Waals surface area contributed by atoms with E-state index in [9.17, 15) is 9.59 Å². The Morgan fingerprint density at radius 1 is 1.67 bits per heavy atom. The quantitative estimate of drug-likeness (QED) is 0.233. The molecule has 6 nitrogen and oxygen atoms in total. The van der Waals surface area contributed by atoms with E-state index < -0.39 is 6.03 Å². The lowest BCUT2D eigenvalue weighted by atomic mass is 10.4. The fourth-order valence-corrected chi connectivity index (χ4v) is 1.07. The number of hydrogen-bond donors (Lipinski definition) is 3. The molecule has 0 aromatic heterocycles. The van der Waals surface area contributed by atoms with E-state index in [4.69, 9.17) is 5.84 Å². The Hall–Kier alpha value is -1.30. The van der Waals surface area contributed by atoms with Gasteiger partial charge in [0.15, 0.2) is 0 Å². The number of urea groups is 1. The summed E-state index contributed by atoms with van der Waals surface area (Å²) in [6.07, 6.45) is 0.763. The van der Waals surface area contributed by atoms with Crippen molar-refractivity contribution in [2.75, 3.05) is 19.6 Å². The van der Waals surface area contributed by atoms with Crippen LogP contribution in [0.3, 0.4) is 0 Å². The van der Waals surface area contributed by atoms with Crippen LogP contribution in [0, 0.1) is 0 Å². The standard InChI is InChI=1S/C6H12N4O2/c7-9-6(12)10-3-1-2-8-5(11)4-10/h1-4,7H2,(H,8,11)(H,9,12). The zero-order valence-electron chi connectivity index (χ0n) is 6.67. The van der Waals surface area contributed by atoms with E-state index in [0.29, 0.717) is 13.1 Å². The first kappa shape index (κ1) is 8.79. The van der Waals surface area contributed by atoms with Gasteiger partial charge < -0.3 is 10.2 Å². The van der Waals surface area contributed by atoms with Gasteiger partial charge in [0.05, 0.1) is 0 Å². The highest BCUT2D eigenvalue weighted by atomic mass is 16.2. The highest BCUT2D eigenvalue weighted by Gasteiger charge is 2.18. The van der Waals surface area contributed by atoms with Crippen LogP contribution in [0.15, 0.2) is 0 Å². The van der Waals surface area contributed by atoms with Crippen LogP contribution in [-0.2, 0) is 4.79 Å². The van der Waals surface area contributed by atoms with Crippen molar-refractivity contribution in [3.63, 3.8) is 0 Å². The second-order valence-electron chi connectivity index (χ2n) is 2.57. The lowest BCUT2D eigenvalue weighted by Gasteiger charge is -2.17. The third-order valence-electron chi connectivity index (χ3n) is 1.67. The van der Waals surface area contributed by atoms with Crippen LogP contribution in [0.2, 0.25) is 0 Å². The third-order valence-corrected chi connectivity index (χ3v) is 1.67. The van der Waals surface area contributed by atoms with Crippen molar-refractivity contribution in [1.29, 1.82) is 0 Å². The minimum absolute atomic E-state index is 0.0863. The van der Waals surface area contributed by atoms with Crippen LogP contribution >= 0.6 is 0 Å². The molecule has 1 saturated heterocycles. The molecule has 0 aromatic carbocycles. The number of carbonyl (C=O) groups excluding carboxylic acids is 2. The summed E-state index contributed by atoms with van der Waals surface area (Å²) < 4.78 is 0. The maximum Gasteiger partial charge on any atom is 0.331 e. The number of nitrogens with two attached hydrogens (primary N) is 1. The summed E-state index contributed by atoms with van der Waals surface area (Å²) in [6, 6.07) is -0.410. The third kappa shape index (κ3) is 2.09. The second-order valence-corrected chi connectivity index (χ2v) is 2.57. The molecular weight excluding hydrogens is 160 g/mol. The van der Waals surface area contributed by atoms with E-state index in [1.165, 1.54) is 4.90 Å². The Bertz CT molecular complexity index is 194. The van der Waals surface area contributed by atoms with Crippen molar-refractivity contribution < 1.29 is 9.59 Å².